The highest BCUT2D eigenvalue weighted by Crippen LogP contribution is 2.34. The number of carbonyl (C=O) groups is 2. The summed E-state index contributed by atoms with van der Waals surface area (Å²) in [6.45, 7) is 5.44. The molecule has 1 saturated heterocycles. The van der Waals surface area contributed by atoms with Crippen LogP contribution < -0.4 is 0 Å². The monoisotopic (exact) mass is 353 g/mol. The maximum absolute atomic E-state index is 12.7. The van der Waals surface area contributed by atoms with E-state index in [1.165, 1.54) is 0 Å². The van der Waals surface area contributed by atoms with Crippen molar-refractivity contribution in [3.05, 3.63) is 71.8 Å². The van der Waals surface area contributed by atoms with Crippen molar-refractivity contribution in [1.82, 2.24) is 4.90 Å². The highest BCUT2D eigenvalue weighted by atomic mass is 16.6. The SMILES string of the molecule is CC(C)(C)OC(=O)N1C(=O)OC[C@H]1C(c1ccccc1)c1ccccc1. The molecule has 1 aliphatic rings. The maximum Gasteiger partial charge on any atom is 0.420 e. The Hall–Kier alpha value is -2.82. The van der Waals surface area contributed by atoms with Crippen molar-refractivity contribution in [2.75, 3.05) is 6.61 Å². The second kappa shape index (κ2) is 7.20. The van der Waals surface area contributed by atoms with E-state index in [2.05, 4.69) is 0 Å². The lowest BCUT2D eigenvalue weighted by Crippen LogP contribution is -2.45. The summed E-state index contributed by atoms with van der Waals surface area (Å²) in [6, 6.07) is 19.2. The van der Waals surface area contributed by atoms with E-state index in [4.69, 9.17) is 9.47 Å². The largest absolute Gasteiger partial charge is 0.447 e. The normalized spacial score (nSPS) is 17.3. The minimum Gasteiger partial charge on any atom is -0.447 e. The van der Waals surface area contributed by atoms with Gasteiger partial charge in [-0.25, -0.2) is 14.5 Å². The Labute approximate surface area is 153 Å². The molecule has 0 aromatic heterocycles. The van der Waals surface area contributed by atoms with Crippen LogP contribution in [0.3, 0.4) is 0 Å². The topological polar surface area (TPSA) is 55.8 Å². The number of hydrogen-bond donors (Lipinski definition) is 0. The van der Waals surface area contributed by atoms with Gasteiger partial charge in [0.2, 0.25) is 0 Å². The molecule has 0 unspecified atom stereocenters. The van der Waals surface area contributed by atoms with Gasteiger partial charge in [0.05, 0.1) is 6.04 Å². The number of rotatable bonds is 3. The number of benzene rings is 2. The summed E-state index contributed by atoms with van der Waals surface area (Å²) in [5, 5.41) is 0. The van der Waals surface area contributed by atoms with Crippen molar-refractivity contribution in [2.45, 2.75) is 38.3 Å². The number of cyclic esters (lactones) is 1. The minimum atomic E-state index is -0.695. The standard InChI is InChI=1S/C21H23NO4/c1-21(2,3)26-20(24)22-17(14-25-19(22)23)18(15-10-6-4-7-11-15)16-12-8-5-9-13-16/h4-13,17-18H,14H2,1-3H3/t17-/m0/s1. The fraction of sp³-hybridized carbons (Fsp3) is 0.333. The molecule has 0 saturated carbocycles. The highest BCUT2D eigenvalue weighted by molar-refractivity contribution is 5.90. The van der Waals surface area contributed by atoms with Crippen LogP contribution in [-0.2, 0) is 9.47 Å². The first-order valence-electron chi connectivity index (χ1n) is 8.66. The van der Waals surface area contributed by atoms with E-state index < -0.39 is 23.8 Å². The molecule has 26 heavy (non-hydrogen) atoms. The molecule has 136 valence electrons. The third-order valence-corrected chi connectivity index (χ3v) is 4.20. The van der Waals surface area contributed by atoms with Crippen molar-refractivity contribution in [1.29, 1.82) is 0 Å². The van der Waals surface area contributed by atoms with Gasteiger partial charge in [0.15, 0.2) is 0 Å². The van der Waals surface area contributed by atoms with Crippen molar-refractivity contribution in [2.24, 2.45) is 0 Å². The fourth-order valence-electron chi connectivity index (χ4n) is 3.16. The van der Waals surface area contributed by atoms with Crippen LogP contribution in [0.1, 0.15) is 37.8 Å². The predicted octanol–water partition coefficient (Wildman–Crippen LogP) is 4.57. The molecule has 0 bridgehead atoms. The zero-order chi connectivity index (χ0) is 18.7. The zero-order valence-corrected chi connectivity index (χ0v) is 15.2. The summed E-state index contributed by atoms with van der Waals surface area (Å²) >= 11 is 0. The Bertz CT molecular complexity index is 728. The van der Waals surface area contributed by atoms with Crippen LogP contribution in [-0.4, -0.2) is 35.3 Å². The minimum absolute atomic E-state index is 0.131. The average molecular weight is 353 g/mol. The van der Waals surface area contributed by atoms with Gasteiger partial charge >= 0.3 is 12.2 Å². The molecule has 1 atom stereocenters. The Morgan fingerprint density at radius 2 is 1.54 bits per heavy atom. The number of imide groups is 1. The molecule has 2 aromatic rings. The number of ether oxygens (including phenoxy) is 2. The Morgan fingerprint density at radius 3 is 2.00 bits per heavy atom. The molecule has 0 N–H and O–H groups in total. The number of nitrogens with zero attached hydrogens (tertiary/aromatic N) is 1. The van der Waals surface area contributed by atoms with Crippen molar-refractivity contribution < 1.29 is 19.1 Å². The van der Waals surface area contributed by atoms with Gasteiger partial charge < -0.3 is 9.47 Å². The molecule has 5 heteroatoms. The van der Waals surface area contributed by atoms with Crippen molar-refractivity contribution in [3.8, 4) is 0 Å². The van der Waals surface area contributed by atoms with E-state index in [1.54, 1.807) is 20.8 Å². The van der Waals surface area contributed by atoms with E-state index in [9.17, 15) is 9.59 Å². The van der Waals surface area contributed by atoms with Crippen LogP contribution in [0.5, 0.6) is 0 Å². The van der Waals surface area contributed by atoms with Crippen LogP contribution in [0, 0.1) is 0 Å². The third-order valence-electron chi connectivity index (χ3n) is 4.20. The summed E-state index contributed by atoms with van der Waals surface area (Å²) in [5.74, 6) is -0.198. The van der Waals surface area contributed by atoms with Gasteiger partial charge in [0.1, 0.15) is 12.2 Å². The predicted molar refractivity (Wildman–Crippen MR) is 97.9 cm³/mol. The van der Waals surface area contributed by atoms with Crippen LogP contribution in [0.4, 0.5) is 9.59 Å². The molecular formula is C21H23NO4. The van der Waals surface area contributed by atoms with Gasteiger partial charge in [-0.15, -0.1) is 0 Å². The van der Waals surface area contributed by atoms with E-state index in [0.29, 0.717) is 0 Å². The van der Waals surface area contributed by atoms with Crippen molar-refractivity contribution >= 4 is 12.2 Å². The molecule has 1 fully saturated rings. The van der Waals surface area contributed by atoms with Gasteiger partial charge in [0, 0.05) is 5.92 Å². The second-order valence-electron chi connectivity index (χ2n) is 7.29. The quantitative estimate of drug-likeness (QED) is 0.811. The van der Waals surface area contributed by atoms with E-state index in [1.807, 2.05) is 60.7 Å². The molecule has 0 radical (unpaired) electrons. The summed E-state index contributed by atoms with van der Waals surface area (Å²) in [6.07, 6.45) is -1.34. The number of carbonyl (C=O) groups excluding carboxylic acids is 2. The summed E-state index contributed by atoms with van der Waals surface area (Å²) < 4.78 is 10.7. The van der Waals surface area contributed by atoms with Gasteiger partial charge in [-0.3, -0.25) is 0 Å². The lowest BCUT2D eigenvalue weighted by molar-refractivity contribution is 0.0284. The Morgan fingerprint density at radius 1 is 1.04 bits per heavy atom. The van der Waals surface area contributed by atoms with E-state index >= 15 is 0 Å². The fourth-order valence-corrected chi connectivity index (χ4v) is 3.16. The van der Waals surface area contributed by atoms with Crippen molar-refractivity contribution in [3.63, 3.8) is 0 Å². The first-order valence-corrected chi connectivity index (χ1v) is 8.66. The number of amides is 2. The van der Waals surface area contributed by atoms with Crippen LogP contribution in [0.2, 0.25) is 0 Å². The molecular weight excluding hydrogens is 330 g/mol. The van der Waals surface area contributed by atoms with Gasteiger partial charge in [-0.05, 0) is 31.9 Å². The lowest BCUT2D eigenvalue weighted by atomic mass is 9.85. The molecule has 2 amide bonds. The molecule has 0 spiro atoms. The van der Waals surface area contributed by atoms with Crippen LogP contribution in [0.15, 0.2) is 60.7 Å². The lowest BCUT2D eigenvalue weighted by Gasteiger charge is -2.30. The van der Waals surface area contributed by atoms with Crippen LogP contribution >= 0.6 is 0 Å². The average Bonchev–Trinajstić information content (AvgIpc) is 2.97. The molecule has 0 aliphatic carbocycles. The summed E-state index contributed by atoms with van der Waals surface area (Å²) in [5.41, 5.74) is 1.32. The van der Waals surface area contributed by atoms with E-state index in [0.717, 1.165) is 16.0 Å². The zero-order valence-electron chi connectivity index (χ0n) is 15.2. The third kappa shape index (κ3) is 3.87. The highest BCUT2D eigenvalue weighted by Gasteiger charge is 2.45. The smallest absolute Gasteiger partial charge is 0.420 e. The van der Waals surface area contributed by atoms with Gasteiger partial charge in [-0.1, -0.05) is 60.7 Å². The second-order valence-corrected chi connectivity index (χ2v) is 7.29. The van der Waals surface area contributed by atoms with Crippen LogP contribution in [0.25, 0.3) is 0 Å². The van der Waals surface area contributed by atoms with Gasteiger partial charge in [0.25, 0.3) is 0 Å². The van der Waals surface area contributed by atoms with E-state index in [-0.39, 0.29) is 12.5 Å². The molecule has 1 aliphatic heterocycles. The summed E-state index contributed by atoms with van der Waals surface area (Å²) in [7, 11) is 0. The molecule has 3 rings (SSSR count). The molecule has 1 heterocycles. The summed E-state index contributed by atoms with van der Waals surface area (Å²) in [4.78, 5) is 26.0. The Balaban J connectivity index is 2.00. The first-order chi connectivity index (χ1) is 12.4. The first kappa shape index (κ1) is 18.0. The molecule has 5 nitrogen and oxygen atoms in total. The Kier molecular flexibility index (Phi) is 4.98. The molecule has 2 aromatic carbocycles. The maximum atomic E-state index is 12.7. The number of hydrogen-bond acceptors (Lipinski definition) is 4. The van der Waals surface area contributed by atoms with Gasteiger partial charge in [-0.2, -0.15) is 0 Å².